The Bertz CT molecular complexity index is 1180. The average molecular weight is 495 g/mol. The smallest absolute Gasteiger partial charge is 0.275 e. The van der Waals surface area contributed by atoms with Gasteiger partial charge in [-0.1, -0.05) is 0 Å². The highest BCUT2D eigenvalue weighted by Gasteiger charge is 2.17. The molecule has 1 aliphatic heterocycles. The van der Waals surface area contributed by atoms with Gasteiger partial charge in [0.2, 0.25) is 0 Å². The number of carbonyl (C=O) groups excluding carboxylic acids is 2. The Balaban J connectivity index is 1.56. The first-order chi connectivity index (χ1) is 17.0. The van der Waals surface area contributed by atoms with Gasteiger partial charge in [0.25, 0.3) is 11.8 Å². The van der Waals surface area contributed by atoms with Crippen LogP contribution in [0.25, 0.3) is 10.6 Å². The minimum Gasteiger partial charge on any atom is -0.491 e. The van der Waals surface area contributed by atoms with E-state index in [9.17, 15) is 9.59 Å². The fourth-order valence-electron chi connectivity index (χ4n) is 3.54. The summed E-state index contributed by atoms with van der Waals surface area (Å²) in [7, 11) is 3.91. The van der Waals surface area contributed by atoms with Gasteiger partial charge in [0.05, 0.1) is 12.3 Å². The molecule has 1 aliphatic rings. The van der Waals surface area contributed by atoms with Crippen LogP contribution in [0.3, 0.4) is 0 Å². The summed E-state index contributed by atoms with van der Waals surface area (Å²) in [5, 5.41) is 11.6. The van der Waals surface area contributed by atoms with Crippen LogP contribution in [0, 0.1) is 0 Å². The molecule has 9 nitrogen and oxygen atoms in total. The molecule has 4 rings (SSSR count). The van der Waals surface area contributed by atoms with Gasteiger partial charge in [0.1, 0.15) is 22.3 Å². The summed E-state index contributed by atoms with van der Waals surface area (Å²) in [6, 6.07) is 8.90. The largest absolute Gasteiger partial charge is 0.491 e. The summed E-state index contributed by atoms with van der Waals surface area (Å²) in [6.45, 7) is 2.56. The van der Waals surface area contributed by atoms with Gasteiger partial charge in [-0.2, -0.15) is 0 Å². The zero-order valence-corrected chi connectivity index (χ0v) is 20.8. The van der Waals surface area contributed by atoms with Crippen LogP contribution >= 0.6 is 11.3 Å². The zero-order valence-electron chi connectivity index (χ0n) is 20.0. The van der Waals surface area contributed by atoms with E-state index >= 15 is 0 Å². The van der Waals surface area contributed by atoms with Crippen molar-refractivity contribution in [1.82, 2.24) is 20.2 Å². The summed E-state index contributed by atoms with van der Waals surface area (Å²) in [5.41, 5.74) is 2.21. The van der Waals surface area contributed by atoms with E-state index in [-0.39, 0.29) is 11.8 Å². The van der Waals surface area contributed by atoms with Crippen LogP contribution in [0.5, 0.6) is 5.75 Å². The predicted octanol–water partition coefficient (Wildman–Crippen LogP) is 3.72. The number of nitrogens with zero attached hydrogens (tertiary/aromatic N) is 3. The number of fused-ring (bicyclic) bond motifs is 6. The monoisotopic (exact) mass is 494 g/mol. The van der Waals surface area contributed by atoms with E-state index in [1.54, 1.807) is 29.8 Å². The van der Waals surface area contributed by atoms with Crippen molar-refractivity contribution in [2.24, 2.45) is 0 Å². The number of rotatable bonds is 4. The summed E-state index contributed by atoms with van der Waals surface area (Å²) in [4.78, 5) is 36.5. The van der Waals surface area contributed by atoms with Crippen molar-refractivity contribution in [2.75, 3.05) is 51.0 Å². The van der Waals surface area contributed by atoms with Crippen LogP contribution in [0.1, 0.15) is 40.1 Å². The number of hydrogen-bond donors (Lipinski definition) is 3. The maximum absolute atomic E-state index is 13.0. The lowest BCUT2D eigenvalue weighted by molar-refractivity contribution is 0.0950. The molecule has 0 saturated carbocycles. The SMILES string of the molecule is CN(C)CCNC(=O)c1ccc2c(c1)OCCCCCNc1cc(ccn1)-c1nc(cs1)C(=O)N2. The van der Waals surface area contributed by atoms with Gasteiger partial charge in [-0.05, 0) is 63.7 Å². The van der Waals surface area contributed by atoms with E-state index < -0.39 is 0 Å². The number of likely N-dealkylation sites (N-methyl/N-ethyl adjacent to an activating group) is 1. The molecule has 35 heavy (non-hydrogen) atoms. The Kier molecular flexibility index (Phi) is 8.27. The van der Waals surface area contributed by atoms with Crippen molar-refractivity contribution < 1.29 is 14.3 Å². The molecule has 184 valence electrons. The lowest BCUT2D eigenvalue weighted by Gasteiger charge is -2.15. The molecule has 2 aromatic heterocycles. The normalized spacial score (nSPS) is 14.2. The first-order valence-electron chi connectivity index (χ1n) is 11.7. The highest BCUT2D eigenvalue weighted by Crippen LogP contribution is 2.29. The quantitative estimate of drug-likeness (QED) is 0.507. The molecule has 3 heterocycles. The highest BCUT2D eigenvalue weighted by atomic mass is 32.1. The molecular weight excluding hydrogens is 464 g/mol. The fraction of sp³-hybridized carbons (Fsp3) is 0.360. The number of carbonyl (C=O) groups is 2. The number of aromatic nitrogens is 2. The van der Waals surface area contributed by atoms with E-state index in [1.165, 1.54) is 11.3 Å². The third kappa shape index (κ3) is 6.77. The van der Waals surface area contributed by atoms with Crippen LogP contribution in [0.15, 0.2) is 41.9 Å². The van der Waals surface area contributed by atoms with E-state index in [0.717, 1.165) is 48.7 Å². The Morgan fingerprint density at radius 3 is 2.94 bits per heavy atom. The van der Waals surface area contributed by atoms with E-state index in [2.05, 4.69) is 25.9 Å². The molecule has 0 saturated heterocycles. The lowest BCUT2D eigenvalue weighted by atomic mass is 10.1. The number of ether oxygens (including phenoxy) is 1. The number of pyridine rings is 1. The number of benzene rings is 1. The van der Waals surface area contributed by atoms with Gasteiger partial charge < -0.3 is 25.6 Å². The van der Waals surface area contributed by atoms with E-state index in [1.807, 2.05) is 31.1 Å². The molecule has 0 fully saturated rings. The second kappa shape index (κ2) is 11.8. The van der Waals surface area contributed by atoms with Gasteiger partial charge in [-0.3, -0.25) is 9.59 Å². The third-order valence-corrected chi connectivity index (χ3v) is 6.36. The molecular formula is C25H30N6O3S. The van der Waals surface area contributed by atoms with Gasteiger partial charge in [-0.15, -0.1) is 11.3 Å². The summed E-state index contributed by atoms with van der Waals surface area (Å²) < 4.78 is 6.02. The molecule has 10 heteroatoms. The molecule has 3 aromatic rings. The van der Waals surface area contributed by atoms with Crippen molar-refractivity contribution in [1.29, 1.82) is 0 Å². The second-order valence-corrected chi connectivity index (χ2v) is 9.39. The van der Waals surface area contributed by atoms with Crippen LogP contribution < -0.4 is 20.7 Å². The number of hydrogen-bond acceptors (Lipinski definition) is 8. The van der Waals surface area contributed by atoms with Gasteiger partial charge in [-0.25, -0.2) is 9.97 Å². The van der Waals surface area contributed by atoms with Crippen LogP contribution in [0.4, 0.5) is 11.5 Å². The minimum absolute atomic E-state index is 0.182. The highest BCUT2D eigenvalue weighted by molar-refractivity contribution is 7.13. The molecule has 4 bridgehead atoms. The van der Waals surface area contributed by atoms with Crippen molar-refractivity contribution in [2.45, 2.75) is 19.3 Å². The maximum Gasteiger partial charge on any atom is 0.275 e. The van der Waals surface area contributed by atoms with E-state index in [0.29, 0.717) is 35.8 Å². The van der Waals surface area contributed by atoms with Crippen LogP contribution in [0.2, 0.25) is 0 Å². The summed E-state index contributed by atoms with van der Waals surface area (Å²) in [6.07, 6.45) is 4.52. The molecule has 3 N–H and O–H groups in total. The lowest BCUT2D eigenvalue weighted by Crippen LogP contribution is -2.31. The summed E-state index contributed by atoms with van der Waals surface area (Å²) in [5.74, 6) is 0.733. The summed E-state index contributed by atoms with van der Waals surface area (Å²) >= 11 is 1.40. The Morgan fingerprint density at radius 2 is 2.09 bits per heavy atom. The second-order valence-electron chi connectivity index (χ2n) is 8.53. The minimum atomic E-state index is -0.336. The number of thiazole rings is 1. The van der Waals surface area contributed by atoms with Crippen LogP contribution in [-0.4, -0.2) is 67.0 Å². The first kappa shape index (κ1) is 24.6. The standard InChI is InChI=1S/C25H30N6O3S/c1-31(2)12-11-28-23(32)17-6-7-19-21(14-17)34-13-5-3-4-9-26-22-15-18(8-10-27-22)25-30-20(16-35-25)24(33)29-19/h6-8,10,14-16H,3-5,9,11-13H2,1-2H3,(H,26,27)(H,28,32)(H,29,33). The number of nitrogens with one attached hydrogen (secondary N) is 3. The number of anilines is 2. The molecule has 2 amide bonds. The molecule has 0 spiro atoms. The molecule has 0 atom stereocenters. The van der Waals surface area contributed by atoms with Crippen molar-refractivity contribution >= 4 is 34.7 Å². The molecule has 0 radical (unpaired) electrons. The third-order valence-electron chi connectivity index (χ3n) is 5.47. The first-order valence-corrected chi connectivity index (χ1v) is 12.5. The van der Waals surface area contributed by atoms with Crippen LogP contribution in [-0.2, 0) is 0 Å². The van der Waals surface area contributed by atoms with Crippen molar-refractivity contribution in [3.05, 3.63) is 53.2 Å². The van der Waals surface area contributed by atoms with Gasteiger partial charge >= 0.3 is 0 Å². The van der Waals surface area contributed by atoms with E-state index in [4.69, 9.17) is 4.74 Å². The Morgan fingerprint density at radius 1 is 1.20 bits per heavy atom. The molecule has 0 aliphatic carbocycles. The molecule has 0 unspecified atom stereocenters. The maximum atomic E-state index is 13.0. The van der Waals surface area contributed by atoms with Crippen molar-refractivity contribution in [3.63, 3.8) is 0 Å². The Hall–Kier alpha value is -3.50. The predicted molar refractivity (Wildman–Crippen MR) is 138 cm³/mol. The van der Waals surface area contributed by atoms with Gasteiger partial charge in [0.15, 0.2) is 0 Å². The number of amides is 2. The zero-order chi connectivity index (χ0) is 24.6. The fourth-order valence-corrected chi connectivity index (χ4v) is 4.34. The van der Waals surface area contributed by atoms with Crippen molar-refractivity contribution in [3.8, 4) is 16.3 Å². The average Bonchev–Trinajstić information content (AvgIpc) is 3.34. The Labute approximate surface area is 208 Å². The topological polar surface area (TPSA) is 108 Å². The molecule has 1 aromatic carbocycles. The van der Waals surface area contributed by atoms with Gasteiger partial charge in [0, 0.05) is 42.3 Å².